The van der Waals surface area contributed by atoms with Gasteiger partial charge in [-0.1, -0.05) is 42.8 Å². The van der Waals surface area contributed by atoms with Gasteiger partial charge in [0.05, 0.1) is 17.6 Å². The molecule has 1 aliphatic rings. The number of rotatable bonds is 2. The minimum Gasteiger partial charge on any atom is -0.338 e. The molecule has 0 radical (unpaired) electrons. The number of imidazole rings is 1. The average molecular weight is 317 g/mol. The summed E-state index contributed by atoms with van der Waals surface area (Å²) in [6.45, 7) is 4.44. The first kappa shape index (κ1) is 14.8. The van der Waals surface area contributed by atoms with E-state index in [2.05, 4.69) is 59.1 Å². The predicted molar refractivity (Wildman–Crippen MR) is 96.5 cm³/mol. The summed E-state index contributed by atoms with van der Waals surface area (Å²) in [7, 11) is 0. The monoisotopic (exact) mass is 317 g/mol. The Morgan fingerprint density at radius 1 is 1.08 bits per heavy atom. The molecule has 0 saturated heterocycles. The molecule has 120 valence electrons. The van der Waals surface area contributed by atoms with Gasteiger partial charge in [0.15, 0.2) is 5.78 Å². The van der Waals surface area contributed by atoms with Gasteiger partial charge in [-0.2, -0.15) is 0 Å². The number of ketones is 1. The number of fused-ring (bicyclic) bond motifs is 1. The fourth-order valence-electron chi connectivity index (χ4n) is 3.22. The van der Waals surface area contributed by atoms with Crippen LogP contribution in [0.1, 0.15) is 24.5 Å². The highest BCUT2D eigenvalue weighted by Gasteiger charge is 2.21. The van der Waals surface area contributed by atoms with E-state index < -0.39 is 0 Å². The summed E-state index contributed by atoms with van der Waals surface area (Å²) in [5, 5.41) is 0. The second-order valence-electron chi connectivity index (χ2n) is 6.53. The van der Waals surface area contributed by atoms with Crippen molar-refractivity contribution in [1.29, 1.82) is 0 Å². The van der Waals surface area contributed by atoms with Crippen molar-refractivity contribution in [2.45, 2.75) is 20.3 Å². The largest absolute Gasteiger partial charge is 0.338 e. The molecule has 0 bridgehead atoms. The molecule has 1 aromatic heterocycles. The standard InChI is InChI=1S/C20H19N3O/c1-12-3-5-14(6-4-12)20-22-17-8-7-15(10-18(17)23-20)19-13(2)9-16(24)11-21-19/h3-8,10,13H,9,11H2,1-2H3,(H,22,23). The molecule has 0 amide bonds. The molecule has 4 heteroatoms. The molecule has 1 N–H and O–H groups in total. The van der Waals surface area contributed by atoms with E-state index in [0.29, 0.717) is 13.0 Å². The highest BCUT2D eigenvalue weighted by atomic mass is 16.1. The van der Waals surface area contributed by atoms with Crippen LogP contribution >= 0.6 is 0 Å². The Bertz CT molecular complexity index is 951. The van der Waals surface area contributed by atoms with Gasteiger partial charge in [0.1, 0.15) is 5.82 Å². The average Bonchev–Trinajstić information content (AvgIpc) is 2.98. The number of carbonyl (C=O) groups is 1. The first-order chi connectivity index (χ1) is 11.6. The molecule has 1 unspecified atom stereocenters. The van der Waals surface area contributed by atoms with Crippen LogP contribution in [0, 0.1) is 12.8 Å². The first-order valence-corrected chi connectivity index (χ1v) is 8.23. The van der Waals surface area contributed by atoms with Crippen LogP contribution in [0.2, 0.25) is 0 Å². The Hall–Kier alpha value is -2.75. The molecule has 0 spiro atoms. The van der Waals surface area contributed by atoms with E-state index in [-0.39, 0.29) is 11.7 Å². The first-order valence-electron chi connectivity index (χ1n) is 8.23. The van der Waals surface area contributed by atoms with Crippen molar-refractivity contribution in [2.75, 3.05) is 6.54 Å². The van der Waals surface area contributed by atoms with Crippen molar-refractivity contribution in [2.24, 2.45) is 10.9 Å². The Morgan fingerprint density at radius 3 is 2.58 bits per heavy atom. The molecule has 0 aliphatic carbocycles. The number of hydrogen-bond donors (Lipinski definition) is 1. The number of aromatic amines is 1. The number of carbonyl (C=O) groups excluding carboxylic acids is 1. The lowest BCUT2D eigenvalue weighted by Crippen LogP contribution is -2.24. The van der Waals surface area contributed by atoms with Gasteiger partial charge in [0, 0.05) is 23.6 Å². The van der Waals surface area contributed by atoms with Crippen LogP contribution in [0.3, 0.4) is 0 Å². The third-order valence-electron chi connectivity index (χ3n) is 4.53. The second-order valence-corrected chi connectivity index (χ2v) is 6.53. The quantitative estimate of drug-likeness (QED) is 0.778. The van der Waals surface area contributed by atoms with E-state index >= 15 is 0 Å². The van der Waals surface area contributed by atoms with Crippen LogP contribution in [0.5, 0.6) is 0 Å². The normalized spacial score (nSPS) is 18.0. The molecule has 4 rings (SSSR count). The van der Waals surface area contributed by atoms with Crippen molar-refractivity contribution in [3.8, 4) is 11.4 Å². The number of hydrogen-bond acceptors (Lipinski definition) is 3. The molecular weight excluding hydrogens is 298 g/mol. The Labute approximate surface area is 140 Å². The zero-order valence-corrected chi connectivity index (χ0v) is 13.8. The SMILES string of the molecule is Cc1ccc(-c2nc3ccc(C4=NCC(=O)CC4C)cc3[nH]2)cc1. The van der Waals surface area contributed by atoms with E-state index in [1.54, 1.807) is 0 Å². The smallest absolute Gasteiger partial charge is 0.154 e. The third kappa shape index (κ3) is 2.64. The maximum atomic E-state index is 11.5. The van der Waals surface area contributed by atoms with Gasteiger partial charge in [-0.15, -0.1) is 0 Å². The molecule has 3 aromatic rings. The molecule has 0 saturated carbocycles. The minimum atomic E-state index is 0.170. The fourth-order valence-corrected chi connectivity index (χ4v) is 3.22. The third-order valence-corrected chi connectivity index (χ3v) is 4.53. The number of aliphatic imine (C=N–C) groups is 1. The molecular formula is C20H19N3O. The number of benzene rings is 2. The predicted octanol–water partition coefficient (Wildman–Crippen LogP) is 3.94. The minimum absolute atomic E-state index is 0.170. The van der Waals surface area contributed by atoms with Gasteiger partial charge in [-0.05, 0) is 24.6 Å². The van der Waals surface area contributed by atoms with Gasteiger partial charge < -0.3 is 4.98 Å². The van der Waals surface area contributed by atoms with Crippen LogP contribution in [-0.4, -0.2) is 28.0 Å². The van der Waals surface area contributed by atoms with E-state index in [9.17, 15) is 4.79 Å². The van der Waals surface area contributed by atoms with Crippen LogP contribution in [-0.2, 0) is 4.79 Å². The van der Waals surface area contributed by atoms with E-state index in [4.69, 9.17) is 0 Å². The zero-order chi connectivity index (χ0) is 16.7. The molecule has 4 nitrogen and oxygen atoms in total. The molecule has 0 fully saturated rings. The van der Waals surface area contributed by atoms with E-state index in [0.717, 1.165) is 33.7 Å². The summed E-state index contributed by atoms with van der Waals surface area (Å²) in [4.78, 5) is 24.1. The highest BCUT2D eigenvalue weighted by molar-refractivity contribution is 6.08. The van der Waals surface area contributed by atoms with Gasteiger partial charge in [0.25, 0.3) is 0 Å². The summed E-state index contributed by atoms with van der Waals surface area (Å²) in [5.41, 5.74) is 6.33. The number of aryl methyl sites for hydroxylation is 1. The van der Waals surface area contributed by atoms with Gasteiger partial charge >= 0.3 is 0 Å². The summed E-state index contributed by atoms with van der Waals surface area (Å²) in [6, 6.07) is 14.5. The van der Waals surface area contributed by atoms with Gasteiger partial charge in [0.2, 0.25) is 0 Å². The number of nitrogens with one attached hydrogen (secondary N) is 1. The van der Waals surface area contributed by atoms with E-state index in [1.807, 2.05) is 12.1 Å². The maximum Gasteiger partial charge on any atom is 0.154 e. The summed E-state index contributed by atoms with van der Waals surface area (Å²) in [6.07, 6.45) is 0.578. The Morgan fingerprint density at radius 2 is 1.83 bits per heavy atom. The summed E-state index contributed by atoms with van der Waals surface area (Å²) >= 11 is 0. The fraction of sp³-hybridized carbons (Fsp3) is 0.250. The van der Waals surface area contributed by atoms with Crippen molar-refractivity contribution < 1.29 is 4.79 Å². The number of aromatic nitrogens is 2. The zero-order valence-electron chi connectivity index (χ0n) is 13.8. The lowest BCUT2D eigenvalue weighted by Gasteiger charge is -2.18. The molecule has 24 heavy (non-hydrogen) atoms. The number of Topliss-reactive ketones (excluding diaryl/α,β-unsaturated/α-hetero) is 1. The van der Waals surface area contributed by atoms with Crippen LogP contribution in [0.15, 0.2) is 47.5 Å². The second kappa shape index (κ2) is 5.71. The van der Waals surface area contributed by atoms with Gasteiger partial charge in [-0.3, -0.25) is 9.79 Å². The number of nitrogens with zero attached hydrogens (tertiary/aromatic N) is 2. The van der Waals surface area contributed by atoms with Crippen LogP contribution < -0.4 is 0 Å². The van der Waals surface area contributed by atoms with Crippen LogP contribution in [0.4, 0.5) is 0 Å². The molecule has 2 heterocycles. The van der Waals surface area contributed by atoms with Crippen LogP contribution in [0.25, 0.3) is 22.4 Å². The van der Waals surface area contributed by atoms with Gasteiger partial charge in [-0.25, -0.2) is 4.98 Å². The van der Waals surface area contributed by atoms with Crippen molar-refractivity contribution in [3.05, 3.63) is 53.6 Å². The van der Waals surface area contributed by atoms with Crippen molar-refractivity contribution in [1.82, 2.24) is 9.97 Å². The summed E-state index contributed by atoms with van der Waals surface area (Å²) < 4.78 is 0. The van der Waals surface area contributed by atoms with Crippen molar-refractivity contribution >= 4 is 22.5 Å². The molecule has 1 atom stereocenters. The lowest BCUT2D eigenvalue weighted by atomic mass is 9.91. The topological polar surface area (TPSA) is 58.1 Å². The Balaban J connectivity index is 1.74. The van der Waals surface area contributed by atoms with Crippen molar-refractivity contribution in [3.63, 3.8) is 0 Å². The molecule has 1 aliphatic heterocycles. The maximum absolute atomic E-state index is 11.5. The number of H-pyrrole nitrogens is 1. The lowest BCUT2D eigenvalue weighted by molar-refractivity contribution is -0.118. The summed E-state index contributed by atoms with van der Waals surface area (Å²) in [5.74, 6) is 1.26. The molecule has 2 aromatic carbocycles. The van der Waals surface area contributed by atoms with E-state index in [1.165, 1.54) is 5.56 Å². The highest BCUT2D eigenvalue weighted by Crippen LogP contribution is 2.24. The Kier molecular flexibility index (Phi) is 3.53.